The van der Waals surface area contributed by atoms with Gasteiger partial charge in [0.1, 0.15) is 58.9 Å². The van der Waals surface area contributed by atoms with Gasteiger partial charge in [0.15, 0.2) is 20.0 Å². The molecule has 0 atom stereocenters. The topological polar surface area (TPSA) is 90.1 Å². The predicted molar refractivity (Wildman–Crippen MR) is 559 cm³/mol. The summed E-state index contributed by atoms with van der Waals surface area (Å²) < 4.78 is 4.66. The van der Waals surface area contributed by atoms with E-state index in [4.69, 9.17) is 5.11 Å². The first-order valence-electron chi connectivity index (χ1n) is 42.5. The summed E-state index contributed by atoms with van der Waals surface area (Å²) in [6.45, 7) is 11.5. The van der Waals surface area contributed by atoms with Gasteiger partial charge in [-0.1, -0.05) is 317 Å². The van der Waals surface area contributed by atoms with E-state index in [9.17, 15) is 15.0 Å². The summed E-state index contributed by atoms with van der Waals surface area (Å²) in [5.74, 6) is 1.74. The molecule has 0 spiro atoms. The molecule has 1 aliphatic rings. The first-order chi connectivity index (χ1) is 61.8. The Balaban J connectivity index is 0.000000313. The number of benzene rings is 16. The van der Waals surface area contributed by atoms with Gasteiger partial charge in [-0.05, 0) is 164 Å². The molecule has 0 heterocycles. The molecule has 16 aromatic rings. The Labute approximate surface area is 815 Å². The molecule has 0 saturated heterocycles. The van der Waals surface area contributed by atoms with Gasteiger partial charge in [-0.3, -0.25) is 0 Å². The van der Waals surface area contributed by atoms with Gasteiger partial charge in [-0.15, -0.1) is 19.7 Å². The molecule has 0 bridgehead atoms. The van der Waals surface area contributed by atoms with E-state index in [1.807, 2.05) is 242 Å². The number of aliphatic hydroxyl groups excluding tert-OH is 2. The van der Waals surface area contributed by atoms with Gasteiger partial charge in [0.05, 0.1) is 42.3 Å². The SMILES string of the molecule is C=C.C=CCC.O=C(O)C[PH+](c1ccccc1)c1ccccc1.OC(=C[PH+](c1ccccc1)c1ccccc1)c1ccccc1.OC(=N[PH+](c1ccccc1)c1ccccc1)c1ccccc1.[CH-]1CCCCCCC1.[Ni].[Ni].[Ni].[Ni].[c-]1ccccc1.[c-]1ccccc1.c1ccc([PH+](c2ccccc2)c2ccccc2)cc1.c1ccc([PH+](c2ccccc2)c2ccccc2)cc1. The molecule has 129 heavy (non-hydrogen) atoms. The fourth-order valence-corrected chi connectivity index (χ4v) is 24.6. The Morgan fingerprint density at radius 2 is 0.535 bits per heavy atom. The third-order valence-electron chi connectivity index (χ3n) is 19.1. The molecule has 0 aromatic heterocycles. The Bertz CT molecular complexity index is 4770. The smallest absolute Gasteiger partial charge is 0.342 e. The van der Waals surface area contributed by atoms with Crippen molar-refractivity contribution in [3.8, 4) is 0 Å². The molecule has 16 aromatic carbocycles. The van der Waals surface area contributed by atoms with E-state index in [-0.39, 0.29) is 78.0 Å². The molecule has 5 nitrogen and oxygen atoms in total. The Kier molecular flexibility index (Phi) is 60.6. The molecule has 0 amide bonds. The molecule has 0 aliphatic heterocycles. The number of hydrogen-bond acceptors (Lipinski definition) is 3. The summed E-state index contributed by atoms with van der Waals surface area (Å²) in [4.78, 5) is 11.0. The molecular formula is C115H118NNi4O4P5+2. The van der Waals surface area contributed by atoms with Crippen LogP contribution in [-0.2, 0) is 70.8 Å². The largest absolute Gasteiger partial charge is 0.504 e. The number of carboxylic acids is 1. The van der Waals surface area contributed by atoms with Crippen molar-refractivity contribution in [1.29, 1.82) is 0 Å². The molecule has 1 saturated carbocycles. The third kappa shape index (κ3) is 43.3. The minimum Gasteiger partial charge on any atom is -0.504 e. The number of carbonyl (C=O) groups is 1. The zero-order chi connectivity index (χ0) is 87.9. The maximum absolute atomic E-state index is 11.0. The standard InChI is InChI=1S/C20H17OP.C19H16NOP.2C18H15P.C14H13O2P.C8H15.2C6H5.C4H8.C2H4.4Ni/c21-20(17-10-4-1-5-11-17)16-22(18-12-6-2-7-13-18)19-14-8-3-9-15-19;21-19(16-10-4-1-5-11-16)20-22(17-12-6-2-7-13-17)18-14-8-3-9-15-18;2*1-4-10-16(11-5-1)19(17-12-6-2-7-13-17)18-14-8-3-9-15-18;15-14(16)11-17(12-7-3-1-4-8-12)13-9-5-2-6-10-13;1-2-4-6-8-7-5-3-1;2*1-2-4-6-5-3-1;1-3-4-2;1-2;;;;/h1-16,21H;1-15H,(H,20,21);2*1-15H;1-10H,11H2,(H,15,16);1H,2-8H2;2*1-5H;3H,1,4H2,2H3;1-2H2;;;;/q;;;;;3*-1;;;;;;/p+5. The molecule has 3 N–H and O–H groups in total. The second-order valence-electron chi connectivity index (χ2n) is 28.1. The van der Waals surface area contributed by atoms with Crippen LogP contribution in [0.3, 0.4) is 0 Å². The number of rotatable bonds is 19. The van der Waals surface area contributed by atoms with Gasteiger partial charge >= 0.3 is 5.97 Å². The Hall–Kier alpha value is -10.4. The van der Waals surface area contributed by atoms with Gasteiger partial charge in [0.2, 0.25) is 0 Å². The van der Waals surface area contributed by atoms with Gasteiger partial charge in [0.25, 0.3) is 5.90 Å². The van der Waals surface area contributed by atoms with Crippen LogP contribution in [0.4, 0.5) is 0 Å². The third-order valence-corrected chi connectivity index (χ3v) is 32.0. The summed E-state index contributed by atoms with van der Waals surface area (Å²) in [5, 5.41) is 45.7. The molecule has 670 valence electrons. The average molecular weight is 1970 g/mol. The molecule has 0 radical (unpaired) electrons. The number of allylic oxidation sites excluding steroid dienone is 1. The minimum atomic E-state index is -1.41. The predicted octanol–water partition coefficient (Wildman–Crippen LogP) is 24.8. The van der Waals surface area contributed by atoms with E-state index >= 15 is 0 Å². The number of nitrogens with zero attached hydrogens (tertiary/aromatic N) is 1. The van der Waals surface area contributed by atoms with Crippen LogP contribution < -0.4 is 63.7 Å². The van der Waals surface area contributed by atoms with Crippen LogP contribution in [0.1, 0.15) is 69.4 Å². The van der Waals surface area contributed by atoms with Crippen molar-refractivity contribution in [2.75, 3.05) is 6.16 Å². The van der Waals surface area contributed by atoms with Gasteiger partial charge in [-0.25, -0.2) is 4.79 Å². The Morgan fingerprint density at radius 1 is 0.318 bits per heavy atom. The van der Waals surface area contributed by atoms with Crippen molar-refractivity contribution in [1.82, 2.24) is 0 Å². The van der Waals surface area contributed by atoms with Crippen molar-refractivity contribution in [3.63, 3.8) is 0 Å². The second kappa shape index (κ2) is 70.5. The van der Waals surface area contributed by atoms with Crippen LogP contribution in [0, 0.1) is 18.6 Å². The van der Waals surface area contributed by atoms with E-state index in [1.54, 1.807) is 0 Å². The van der Waals surface area contributed by atoms with Crippen LogP contribution in [0.5, 0.6) is 0 Å². The quantitative estimate of drug-likeness (QED) is 0.0143. The number of aliphatic hydroxyl groups is 2. The van der Waals surface area contributed by atoms with E-state index in [0.717, 1.165) is 38.8 Å². The van der Waals surface area contributed by atoms with Crippen LogP contribution in [0.2, 0.25) is 0 Å². The zero-order valence-electron chi connectivity index (χ0n) is 72.9. The summed E-state index contributed by atoms with van der Waals surface area (Å²) in [6.07, 6.45) is 15.7. The van der Waals surface area contributed by atoms with Crippen molar-refractivity contribution in [2.45, 2.75) is 58.3 Å². The van der Waals surface area contributed by atoms with Crippen molar-refractivity contribution >= 4 is 121 Å². The van der Waals surface area contributed by atoms with E-state index in [0.29, 0.717) is 5.76 Å². The van der Waals surface area contributed by atoms with Crippen molar-refractivity contribution in [2.24, 2.45) is 4.76 Å². The van der Waals surface area contributed by atoms with E-state index in [2.05, 4.69) is 305 Å². The van der Waals surface area contributed by atoms with Gasteiger partial charge < -0.3 is 21.7 Å². The molecule has 0 unspecified atom stereocenters. The van der Waals surface area contributed by atoms with Crippen molar-refractivity contribution < 1.29 is 86.1 Å². The summed E-state index contributed by atoms with van der Waals surface area (Å²) in [5.41, 5.74) is 1.61. The molecular weight excluding hydrogens is 1850 g/mol. The minimum absolute atomic E-state index is 0. The summed E-state index contributed by atoms with van der Waals surface area (Å²) in [7, 11) is -5.52. The van der Waals surface area contributed by atoms with Crippen LogP contribution in [0.25, 0.3) is 5.76 Å². The van der Waals surface area contributed by atoms with Gasteiger partial charge in [0, 0.05) is 77.1 Å². The van der Waals surface area contributed by atoms with Gasteiger partial charge in [-0.2, -0.15) is 85.6 Å². The second-order valence-corrected chi connectivity index (χ2v) is 39.9. The fraction of sp³-hybridized carbons (Fsp3) is 0.0870. The molecule has 17 rings (SSSR count). The maximum Gasteiger partial charge on any atom is 0.342 e. The fourth-order valence-electron chi connectivity index (χ4n) is 13.0. The van der Waals surface area contributed by atoms with Crippen LogP contribution >= 0.6 is 39.8 Å². The zero-order valence-corrected chi connectivity index (χ0v) is 81.8. The van der Waals surface area contributed by atoms with E-state index in [1.165, 1.54) is 87.4 Å². The maximum atomic E-state index is 11.0. The van der Waals surface area contributed by atoms with E-state index < -0.39 is 45.7 Å². The first kappa shape index (κ1) is 111. The number of aliphatic carboxylic acids is 1. The van der Waals surface area contributed by atoms with Crippen LogP contribution in [0.15, 0.2) is 522 Å². The normalized spacial score (nSPS) is 10.9. The number of carboxylic acid groups (broad SMARTS) is 1. The molecule has 1 fully saturated rings. The average Bonchev–Trinajstić information content (AvgIpc) is 0.799. The number of hydrogen-bond donors (Lipinski definition) is 3. The first-order valence-corrected chi connectivity index (χ1v) is 50.2. The molecule has 1 aliphatic carbocycles. The van der Waals surface area contributed by atoms with Crippen LogP contribution in [-0.4, -0.2) is 33.3 Å². The molecule has 14 heteroatoms. The monoisotopic (exact) mass is 1960 g/mol. The Morgan fingerprint density at radius 3 is 0.767 bits per heavy atom. The summed E-state index contributed by atoms with van der Waals surface area (Å²) >= 11 is 0. The summed E-state index contributed by atoms with van der Waals surface area (Å²) in [6, 6.07) is 170. The van der Waals surface area contributed by atoms with Crippen molar-refractivity contribution in [3.05, 3.63) is 547 Å².